The molecule has 1 aliphatic carbocycles. The van der Waals surface area contributed by atoms with Crippen molar-refractivity contribution in [2.75, 3.05) is 18.2 Å². The minimum absolute atomic E-state index is 0.0482. The van der Waals surface area contributed by atoms with E-state index in [-0.39, 0.29) is 24.8 Å². The standard InChI is InChI=1S/C16H23F3N2O3S/c17-16(18,19)13(22)11-6-3-7-20(11)15(24)12-8-25-9-21(12)14(23)10-4-1-2-5-10/h10-13,22H,1-9H2/t11-,12+,13+/m0/s1. The highest BCUT2D eigenvalue weighted by atomic mass is 32.2. The van der Waals surface area contributed by atoms with Crippen LogP contribution in [0.5, 0.6) is 0 Å². The maximum atomic E-state index is 12.9. The quantitative estimate of drug-likeness (QED) is 0.814. The molecule has 2 aliphatic heterocycles. The summed E-state index contributed by atoms with van der Waals surface area (Å²) in [6.07, 6.45) is -3.09. The molecule has 3 fully saturated rings. The Labute approximate surface area is 148 Å². The SMILES string of the molecule is O=C(C1CCCC1)N1CSC[C@@H]1C(=O)N1CCC[C@H]1[C@@H](O)C(F)(F)F. The molecule has 1 N–H and O–H groups in total. The number of alkyl halides is 3. The molecule has 0 unspecified atom stereocenters. The fourth-order valence-electron chi connectivity index (χ4n) is 4.08. The van der Waals surface area contributed by atoms with E-state index in [0.717, 1.165) is 30.6 Å². The van der Waals surface area contributed by atoms with Crippen molar-refractivity contribution in [1.82, 2.24) is 9.80 Å². The predicted molar refractivity (Wildman–Crippen MR) is 86.7 cm³/mol. The molecule has 0 aromatic heterocycles. The number of nitrogens with zero attached hydrogens (tertiary/aromatic N) is 2. The van der Waals surface area contributed by atoms with E-state index in [9.17, 15) is 27.9 Å². The van der Waals surface area contributed by atoms with Crippen LogP contribution in [0.3, 0.4) is 0 Å². The molecule has 2 saturated heterocycles. The number of aliphatic hydroxyl groups excluding tert-OH is 1. The molecule has 0 radical (unpaired) electrons. The zero-order chi connectivity index (χ0) is 18.2. The molecule has 3 aliphatic rings. The van der Waals surface area contributed by atoms with Crippen LogP contribution in [0.25, 0.3) is 0 Å². The smallest absolute Gasteiger partial charge is 0.382 e. The lowest BCUT2D eigenvalue weighted by Crippen LogP contribution is -2.55. The van der Waals surface area contributed by atoms with Gasteiger partial charge in [0.1, 0.15) is 6.04 Å². The molecule has 3 rings (SSSR count). The van der Waals surface area contributed by atoms with Crippen LogP contribution < -0.4 is 0 Å². The summed E-state index contributed by atoms with van der Waals surface area (Å²) in [6, 6.07) is -1.96. The lowest BCUT2D eigenvalue weighted by atomic mass is 10.0. The number of hydrogen-bond acceptors (Lipinski definition) is 4. The van der Waals surface area contributed by atoms with Crippen molar-refractivity contribution in [2.45, 2.75) is 62.9 Å². The first kappa shape index (κ1) is 18.8. The van der Waals surface area contributed by atoms with Gasteiger partial charge in [-0.1, -0.05) is 12.8 Å². The Hall–Kier alpha value is -0.960. The van der Waals surface area contributed by atoms with Gasteiger partial charge in [0.2, 0.25) is 11.8 Å². The lowest BCUT2D eigenvalue weighted by Gasteiger charge is -2.34. The number of likely N-dealkylation sites (tertiary alicyclic amines) is 1. The van der Waals surface area contributed by atoms with Gasteiger partial charge in [-0.2, -0.15) is 13.2 Å². The second-order valence-corrected chi connectivity index (χ2v) is 8.03. The van der Waals surface area contributed by atoms with Gasteiger partial charge in [0, 0.05) is 18.2 Å². The first-order valence-electron chi connectivity index (χ1n) is 8.74. The summed E-state index contributed by atoms with van der Waals surface area (Å²) < 4.78 is 38.6. The monoisotopic (exact) mass is 380 g/mol. The van der Waals surface area contributed by atoms with Crippen molar-refractivity contribution in [3.63, 3.8) is 0 Å². The largest absolute Gasteiger partial charge is 0.416 e. The molecule has 142 valence electrons. The Morgan fingerprint density at radius 1 is 1.04 bits per heavy atom. The molecule has 25 heavy (non-hydrogen) atoms. The number of hydrogen-bond donors (Lipinski definition) is 1. The molecule has 5 nitrogen and oxygen atoms in total. The molecule has 2 heterocycles. The molecule has 1 saturated carbocycles. The van der Waals surface area contributed by atoms with Crippen LogP contribution in [0.15, 0.2) is 0 Å². The number of carbonyl (C=O) groups is 2. The summed E-state index contributed by atoms with van der Waals surface area (Å²) in [6.45, 7) is 0.198. The minimum Gasteiger partial charge on any atom is -0.382 e. The second kappa shape index (κ2) is 7.34. The Balaban J connectivity index is 1.71. The first-order valence-corrected chi connectivity index (χ1v) is 9.89. The first-order chi connectivity index (χ1) is 11.8. The Morgan fingerprint density at radius 2 is 1.72 bits per heavy atom. The van der Waals surface area contributed by atoms with E-state index in [0.29, 0.717) is 18.1 Å². The fraction of sp³-hybridized carbons (Fsp3) is 0.875. The zero-order valence-electron chi connectivity index (χ0n) is 13.9. The van der Waals surface area contributed by atoms with E-state index < -0.39 is 30.3 Å². The predicted octanol–water partition coefficient (Wildman–Crippen LogP) is 1.99. The van der Waals surface area contributed by atoms with Gasteiger partial charge in [0.05, 0.1) is 11.9 Å². The maximum absolute atomic E-state index is 12.9. The van der Waals surface area contributed by atoms with Crippen molar-refractivity contribution in [1.29, 1.82) is 0 Å². The molecule has 0 spiro atoms. The normalized spacial score (nSPS) is 29.4. The zero-order valence-corrected chi connectivity index (χ0v) is 14.7. The van der Waals surface area contributed by atoms with E-state index in [1.165, 1.54) is 11.8 Å². The molecule has 0 bridgehead atoms. The van der Waals surface area contributed by atoms with Crippen molar-refractivity contribution >= 4 is 23.6 Å². The molecule has 0 aromatic rings. The van der Waals surface area contributed by atoms with Gasteiger partial charge in [0.25, 0.3) is 0 Å². The number of amides is 2. The van der Waals surface area contributed by atoms with Gasteiger partial charge in [0.15, 0.2) is 6.10 Å². The number of halogens is 3. The van der Waals surface area contributed by atoms with E-state index >= 15 is 0 Å². The van der Waals surface area contributed by atoms with E-state index in [4.69, 9.17) is 0 Å². The van der Waals surface area contributed by atoms with Gasteiger partial charge in [-0.05, 0) is 25.7 Å². The Morgan fingerprint density at radius 3 is 2.36 bits per heavy atom. The average Bonchev–Trinajstić information content (AvgIpc) is 3.32. The summed E-state index contributed by atoms with van der Waals surface area (Å²) in [5.41, 5.74) is 0. The highest BCUT2D eigenvalue weighted by Crippen LogP contribution is 2.34. The van der Waals surface area contributed by atoms with E-state index in [1.54, 1.807) is 4.90 Å². The summed E-state index contributed by atoms with van der Waals surface area (Å²) >= 11 is 1.45. The van der Waals surface area contributed by atoms with Gasteiger partial charge >= 0.3 is 6.18 Å². The van der Waals surface area contributed by atoms with Crippen LogP contribution in [-0.2, 0) is 9.59 Å². The molecule has 0 aromatic carbocycles. The van der Waals surface area contributed by atoms with E-state index in [2.05, 4.69) is 0 Å². The Bertz CT molecular complexity index is 525. The van der Waals surface area contributed by atoms with E-state index in [1.807, 2.05) is 0 Å². The molecule has 3 atom stereocenters. The highest BCUT2D eigenvalue weighted by Gasteiger charge is 2.50. The van der Waals surface area contributed by atoms with Crippen molar-refractivity contribution in [3.8, 4) is 0 Å². The van der Waals surface area contributed by atoms with Crippen molar-refractivity contribution in [3.05, 3.63) is 0 Å². The third-order valence-corrected chi connectivity index (χ3v) is 6.45. The maximum Gasteiger partial charge on any atom is 0.416 e. The highest BCUT2D eigenvalue weighted by molar-refractivity contribution is 7.99. The number of rotatable bonds is 3. The topological polar surface area (TPSA) is 60.9 Å². The summed E-state index contributed by atoms with van der Waals surface area (Å²) in [4.78, 5) is 28.2. The molecular weight excluding hydrogens is 357 g/mol. The van der Waals surface area contributed by atoms with Crippen LogP contribution >= 0.6 is 11.8 Å². The fourth-order valence-corrected chi connectivity index (χ4v) is 5.23. The van der Waals surface area contributed by atoms with Crippen molar-refractivity contribution < 1.29 is 27.9 Å². The number of aliphatic hydroxyl groups is 1. The van der Waals surface area contributed by atoms with Crippen LogP contribution in [0.4, 0.5) is 13.2 Å². The van der Waals surface area contributed by atoms with Gasteiger partial charge in [-0.15, -0.1) is 11.8 Å². The van der Waals surface area contributed by atoms with Crippen LogP contribution in [-0.4, -0.2) is 69.3 Å². The van der Waals surface area contributed by atoms with Crippen LogP contribution in [0, 0.1) is 5.92 Å². The number of thioether (sulfide) groups is 1. The summed E-state index contributed by atoms with van der Waals surface area (Å²) in [5, 5.41) is 9.59. The van der Waals surface area contributed by atoms with Crippen molar-refractivity contribution in [2.24, 2.45) is 5.92 Å². The second-order valence-electron chi connectivity index (χ2n) is 7.03. The molecule has 2 amide bonds. The molecular formula is C16H23F3N2O3S. The van der Waals surface area contributed by atoms with Gasteiger partial charge in [-0.3, -0.25) is 9.59 Å². The minimum atomic E-state index is -4.75. The van der Waals surface area contributed by atoms with Crippen LogP contribution in [0.2, 0.25) is 0 Å². The lowest BCUT2D eigenvalue weighted by molar-refractivity contribution is -0.219. The van der Waals surface area contributed by atoms with Gasteiger partial charge in [-0.25, -0.2) is 0 Å². The van der Waals surface area contributed by atoms with Gasteiger partial charge < -0.3 is 14.9 Å². The number of carbonyl (C=O) groups excluding carboxylic acids is 2. The third-order valence-electron chi connectivity index (χ3n) is 5.44. The van der Waals surface area contributed by atoms with Crippen LogP contribution in [0.1, 0.15) is 38.5 Å². The molecule has 9 heteroatoms. The average molecular weight is 380 g/mol. The Kier molecular flexibility index (Phi) is 5.53. The summed E-state index contributed by atoms with van der Waals surface area (Å²) in [5.74, 6) is 0.244. The summed E-state index contributed by atoms with van der Waals surface area (Å²) in [7, 11) is 0. The third kappa shape index (κ3) is 3.77.